The lowest BCUT2D eigenvalue weighted by Gasteiger charge is -2.14. The molecule has 4 rings (SSSR count). The summed E-state index contributed by atoms with van der Waals surface area (Å²) in [4.78, 5) is 18.2. The van der Waals surface area contributed by atoms with E-state index in [1.165, 1.54) is 34.0 Å². The van der Waals surface area contributed by atoms with E-state index in [0.717, 1.165) is 10.6 Å². The summed E-state index contributed by atoms with van der Waals surface area (Å²) in [5.41, 5.74) is 1.83. The minimum absolute atomic E-state index is 0.176. The van der Waals surface area contributed by atoms with Crippen LogP contribution < -0.4 is 15.0 Å². The van der Waals surface area contributed by atoms with Crippen molar-refractivity contribution in [3.8, 4) is 17.2 Å². The third kappa shape index (κ3) is 4.73. The van der Waals surface area contributed by atoms with Gasteiger partial charge in [-0.15, -0.1) is 10.2 Å². The van der Waals surface area contributed by atoms with Crippen molar-refractivity contribution >= 4 is 34.1 Å². The molecule has 0 bridgehead atoms. The molecule has 0 unspecified atom stereocenters. The first-order valence-corrected chi connectivity index (χ1v) is 12.2. The van der Waals surface area contributed by atoms with Crippen LogP contribution in [0, 0.1) is 0 Å². The Morgan fingerprint density at radius 3 is 2.71 bits per heavy atom. The molecule has 0 aliphatic heterocycles. The van der Waals surface area contributed by atoms with Gasteiger partial charge in [0, 0.05) is 11.8 Å². The van der Waals surface area contributed by atoms with Gasteiger partial charge in [0.25, 0.3) is 5.56 Å². The molecule has 0 amide bonds. The predicted molar refractivity (Wildman–Crippen MR) is 137 cm³/mol. The number of ether oxygens (including phenoxy) is 2. The number of allylic oxidation sites excluding steroid dienone is 1. The summed E-state index contributed by atoms with van der Waals surface area (Å²) in [6, 6.07) is 12.8. The molecule has 3 aromatic heterocycles. The van der Waals surface area contributed by atoms with Crippen LogP contribution in [0.5, 0.6) is 11.5 Å². The van der Waals surface area contributed by atoms with Crippen LogP contribution >= 0.6 is 23.5 Å². The van der Waals surface area contributed by atoms with Gasteiger partial charge in [-0.05, 0) is 36.6 Å². The molecule has 0 spiro atoms. The highest BCUT2D eigenvalue weighted by molar-refractivity contribution is 8.10. The van der Waals surface area contributed by atoms with Crippen LogP contribution in [-0.4, -0.2) is 38.4 Å². The fourth-order valence-corrected chi connectivity index (χ4v) is 4.75. The SMILES string of the molecule is C=CS/C(=C\C)c1nnc(SCc2cc(=O)n3cc(OC)ccc3n2)n1-c1ccccc1OC. The number of thioether (sulfide) groups is 2. The average Bonchev–Trinajstić information content (AvgIpc) is 3.29. The van der Waals surface area contributed by atoms with E-state index in [9.17, 15) is 4.79 Å². The van der Waals surface area contributed by atoms with Crippen molar-refractivity contribution in [3.05, 3.63) is 88.6 Å². The second-order valence-corrected chi connectivity index (χ2v) is 8.87. The van der Waals surface area contributed by atoms with Gasteiger partial charge >= 0.3 is 0 Å². The number of aromatic nitrogens is 5. The summed E-state index contributed by atoms with van der Waals surface area (Å²) < 4.78 is 14.2. The highest BCUT2D eigenvalue weighted by Crippen LogP contribution is 2.35. The molecule has 10 heteroatoms. The number of hydrogen-bond donors (Lipinski definition) is 0. The van der Waals surface area contributed by atoms with Gasteiger partial charge in [-0.2, -0.15) is 0 Å². The van der Waals surface area contributed by atoms with Crippen LogP contribution in [0.2, 0.25) is 0 Å². The zero-order chi connectivity index (χ0) is 24.1. The van der Waals surface area contributed by atoms with E-state index in [4.69, 9.17) is 9.47 Å². The van der Waals surface area contributed by atoms with Crippen LogP contribution in [0.25, 0.3) is 16.2 Å². The number of fused-ring (bicyclic) bond motifs is 1. The van der Waals surface area contributed by atoms with Gasteiger partial charge in [0.1, 0.15) is 17.1 Å². The summed E-state index contributed by atoms with van der Waals surface area (Å²) in [6.07, 6.45) is 3.60. The topological polar surface area (TPSA) is 83.5 Å². The van der Waals surface area contributed by atoms with E-state index in [-0.39, 0.29) is 5.56 Å². The predicted octanol–water partition coefficient (Wildman–Crippen LogP) is 4.82. The lowest BCUT2D eigenvalue weighted by Crippen LogP contribution is -2.15. The van der Waals surface area contributed by atoms with Crippen LogP contribution in [0.4, 0.5) is 0 Å². The van der Waals surface area contributed by atoms with Gasteiger partial charge in [-0.1, -0.05) is 48.3 Å². The third-order valence-corrected chi connectivity index (χ3v) is 6.72. The van der Waals surface area contributed by atoms with Crippen LogP contribution in [0.1, 0.15) is 18.4 Å². The second-order valence-electron chi connectivity index (χ2n) is 6.92. The summed E-state index contributed by atoms with van der Waals surface area (Å²) in [7, 11) is 3.19. The molecule has 1 aromatic carbocycles. The Labute approximate surface area is 205 Å². The van der Waals surface area contributed by atoms with Crippen molar-refractivity contribution in [1.82, 2.24) is 24.1 Å². The van der Waals surface area contributed by atoms with E-state index in [1.807, 2.05) is 41.8 Å². The highest BCUT2D eigenvalue weighted by atomic mass is 32.2. The first-order valence-electron chi connectivity index (χ1n) is 10.3. The molecule has 0 saturated heterocycles. The number of para-hydroxylation sites is 2. The lowest BCUT2D eigenvalue weighted by atomic mass is 10.3. The molecule has 4 aromatic rings. The number of nitrogens with zero attached hydrogens (tertiary/aromatic N) is 5. The maximum atomic E-state index is 12.6. The number of pyridine rings is 1. The molecule has 0 atom stereocenters. The first-order chi connectivity index (χ1) is 16.6. The molecule has 0 fully saturated rings. The molecule has 0 radical (unpaired) electrons. The van der Waals surface area contributed by atoms with Crippen LogP contribution in [0.15, 0.2) is 76.7 Å². The maximum absolute atomic E-state index is 12.6. The van der Waals surface area contributed by atoms with E-state index in [0.29, 0.717) is 39.6 Å². The Hall–Kier alpha value is -3.50. The van der Waals surface area contributed by atoms with E-state index in [1.54, 1.807) is 38.0 Å². The second kappa shape index (κ2) is 10.6. The van der Waals surface area contributed by atoms with Crippen molar-refractivity contribution in [2.75, 3.05) is 14.2 Å². The number of methoxy groups -OCH3 is 2. The van der Waals surface area contributed by atoms with Crippen molar-refractivity contribution in [2.45, 2.75) is 17.8 Å². The molecule has 8 nitrogen and oxygen atoms in total. The van der Waals surface area contributed by atoms with E-state index < -0.39 is 0 Å². The summed E-state index contributed by atoms with van der Waals surface area (Å²) >= 11 is 2.91. The normalized spacial score (nSPS) is 11.6. The molecule has 0 aliphatic rings. The van der Waals surface area contributed by atoms with Crippen LogP contribution in [-0.2, 0) is 5.75 Å². The quantitative estimate of drug-likeness (QED) is 0.307. The summed E-state index contributed by atoms with van der Waals surface area (Å²) in [5.74, 6) is 2.40. The first kappa shape index (κ1) is 23.7. The summed E-state index contributed by atoms with van der Waals surface area (Å²) in [6.45, 7) is 5.77. The molecular weight excluding hydrogens is 470 g/mol. The van der Waals surface area contributed by atoms with Crippen molar-refractivity contribution in [3.63, 3.8) is 0 Å². The Balaban J connectivity index is 1.73. The van der Waals surface area contributed by atoms with E-state index in [2.05, 4.69) is 21.8 Å². The zero-order valence-electron chi connectivity index (χ0n) is 19.0. The van der Waals surface area contributed by atoms with Crippen molar-refractivity contribution < 1.29 is 9.47 Å². The Bertz CT molecular complexity index is 1430. The smallest absolute Gasteiger partial charge is 0.258 e. The molecule has 3 heterocycles. The van der Waals surface area contributed by atoms with Gasteiger partial charge in [0.2, 0.25) is 0 Å². The van der Waals surface area contributed by atoms with Gasteiger partial charge in [0.15, 0.2) is 11.0 Å². The minimum Gasteiger partial charge on any atom is -0.495 e. The molecule has 0 aliphatic carbocycles. The molecule has 0 saturated carbocycles. The van der Waals surface area contributed by atoms with E-state index >= 15 is 0 Å². The largest absolute Gasteiger partial charge is 0.495 e. The Kier molecular flexibility index (Phi) is 7.39. The maximum Gasteiger partial charge on any atom is 0.258 e. The molecule has 0 N–H and O–H groups in total. The molecule has 34 heavy (non-hydrogen) atoms. The Morgan fingerprint density at radius 1 is 1.15 bits per heavy atom. The lowest BCUT2D eigenvalue weighted by molar-refractivity contribution is 0.412. The van der Waals surface area contributed by atoms with Crippen LogP contribution in [0.3, 0.4) is 0 Å². The van der Waals surface area contributed by atoms with Gasteiger partial charge in [-0.3, -0.25) is 13.8 Å². The monoisotopic (exact) mass is 493 g/mol. The average molecular weight is 494 g/mol. The zero-order valence-corrected chi connectivity index (χ0v) is 20.6. The molecular formula is C24H23N5O3S2. The fourth-order valence-electron chi connectivity index (χ4n) is 3.36. The Morgan fingerprint density at radius 2 is 1.97 bits per heavy atom. The molecule has 174 valence electrons. The summed E-state index contributed by atoms with van der Waals surface area (Å²) in [5, 5.41) is 11.3. The number of hydrogen-bond acceptors (Lipinski definition) is 8. The van der Waals surface area contributed by atoms with Gasteiger partial charge in [0.05, 0.1) is 36.7 Å². The third-order valence-electron chi connectivity index (χ3n) is 4.92. The van der Waals surface area contributed by atoms with Gasteiger partial charge in [-0.25, -0.2) is 4.98 Å². The van der Waals surface area contributed by atoms with Crippen molar-refractivity contribution in [2.24, 2.45) is 0 Å². The van der Waals surface area contributed by atoms with Crippen molar-refractivity contribution in [1.29, 1.82) is 0 Å². The van der Waals surface area contributed by atoms with Gasteiger partial charge < -0.3 is 9.47 Å². The standard InChI is InChI=1S/C24H23N5O3S2/c1-5-20(33-6-2)23-26-27-24(29(23)18-9-7-8-10-19(18)32-4)34-15-16-13-22(30)28-14-17(31-3)11-12-21(28)25-16/h5-14H,2,15H2,1,3-4H3/b20-5-. The number of rotatable bonds is 9. The minimum atomic E-state index is -0.176. The highest BCUT2D eigenvalue weighted by Gasteiger charge is 2.20. The number of benzene rings is 1. The fraction of sp³-hybridized carbons (Fsp3) is 0.167.